The lowest BCUT2D eigenvalue weighted by Crippen LogP contribution is -2.06. The average molecular weight is 284 g/mol. The van der Waals surface area contributed by atoms with Crippen LogP contribution in [0.15, 0.2) is 65.7 Å². The van der Waals surface area contributed by atoms with Gasteiger partial charge in [-0.1, -0.05) is 30.3 Å². The van der Waals surface area contributed by atoms with Crippen molar-refractivity contribution in [1.29, 1.82) is 0 Å². The zero-order valence-electron chi connectivity index (χ0n) is 10.6. The van der Waals surface area contributed by atoms with Crippen LogP contribution >= 0.6 is 0 Å². The first kappa shape index (κ1) is 12.7. The SMILES string of the molecule is O=S(=O)(Cc1cnc2ccccc2n1)c1ccccc1. The predicted molar refractivity (Wildman–Crippen MR) is 76.9 cm³/mol. The molecule has 5 heteroatoms. The van der Waals surface area contributed by atoms with E-state index >= 15 is 0 Å². The zero-order valence-corrected chi connectivity index (χ0v) is 11.4. The highest BCUT2D eigenvalue weighted by Crippen LogP contribution is 2.16. The minimum Gasteiger partial charge on any atom is -0.253 e. The minimum atomic E-state index is -3.38. The van der Waals surface area contributed by atoms with Gasteiger partial charge in [-0.25, -0.2) is 13.4 Å². The maximum absolute atomic E-state index is 12.3. The van der Waals surface area contributed by atoms with Crippen molar-refractivity contribution in [2.75, 3.05) is 0 Å². The van der Waals surface area contributed by atoms with E-state index in [0.717, 1.165) is 5.52 Å². The Morgan fingerprint density at radius 2 is 1.50 bits per heavy atom. The Hall–Kier alpha value is -2.27. The van der Waals surface area contributed by atoms with Gasteiger partial charge in [0.05, 0.1) is 33.6 Å². The van der Waals surface area contributed by atoms with Crippen LogP contribution in [0.1, 0.15) is 5.69 Å². The molecule has 0 saturated carbocycles. The summed E-state index contributed by atoms with van der Waals surface area (Å²) < 4.78 is 24.5. The monoisotopic (exact) mass is 284 g/mol. The number of aromatic nitrogens is 2. The van der Waals surface area contributed by atoms with E-state index in [1.54, 1.807) is 30.3 Å². The second-order valence-corrected chi connectivity index (χ2v) is 6.41. The van der Waals surface area contributed by atoms with Gasteiger partial charge >= 0.3 is 0 Å². The number of para-hydroxylation sites is 2. The molecule has 3 rings (SSSR count). The van der Waals surface area contributed by atoms with Crippen molar-refractivity contribution in [1.82, 2.24) is 9.97 Å². The summed E-state index contributed by atoms with van der Waals surface area (Å²) in [6.45, 7) is 0. The molecule has 0 unspecified atom stereocenters. The van der Waals surface area contributed by atoms with Crippen molar-refractivity contribution in [2.24, 2.45) is 0 Å². The lowest BCUT2D eigenvalue weighted by Gasteiger charge is -2.04. The smallest absolute Gasteiger partial charge is 0.184 e. The molecule has 1 heterocycles. The molecule has 0 radical (unpaired) electrons. The van der Waals surface area contributed by atoms with E-state index in [0.29, 0.717) is 16.1 Å². The van der Waals surface area contributed by atoms with E-state index in [1.165, 1.54) is 6.20 Å². The number of hydrogen-bond donors (Lipinski definition) is 0. The maximum Gasteiger partial charge on any atom is 0.184 e. The summed E-state index contributed by atoms with van der Waals surface area (Å²) in [5.74, 6) is -0.144. The maximum atomic E-state index is 12.3. The van der Waals surface area contributed by atoms with Crippen molar-refractivity contribution in [2.45, 2.75) is 10.6 Å². The van der Waals surface area contributed by atoms with Crippen molar-refractivity contribution in [3.8, 4) is 0 Å². The molecule has 4 nitrogen and oxygen atoms in total. The van der Waals surface area contributed by atoms with E-state index in [-0.39, 0.29) is 5.75 Å². The lowest BCUT2D eigenvalue weighted by atomic mass is 10.3. The van der Waals surface area contributed by atoms with Gasteiger partial charge in [0, 0.05) is 0 Å². The number of fused-ring (bicyclic) bond motifs is 1. The fraction of sp³-hybridized carbons (Fsp3) is 0.0667. The first-order valence-electron chi connectivity index (χ1n) is 6.14. The third kappa shape index (κ3) is 2.53. The molecule has 0 fully saturated rings. The highest BCUT2D eigenvalue weighted by molar-refractivity contribution is 7.90. The molecule has 0 aliphatic carbocycles. The van der Waals surface area contributed by atoms with Crippen LogP contribution in [0.5, 0.6) is 0 Å². The van der Waals surface area contributed by atoms with Crippen LogP contribution in [-0.2, 0) is 15.6 Å². The van der Waals surface area contributed by atoms with Gasteiger partial charge in [-0.3, -0.25) is 4.98 Å². The summed E-state index contributed by atoms with van der Waals surface area (Å²) in [5, 5.41) is 0. The van der Waals surface area contributed by atoms with E-state index < -0.39 is 9.84 Å². The van der Waals surface area contributed by atoms with E-state index in [4.69, 9.17) is 0 Å². The summed E-state index contributed by atoms with van der Waals surface area (Å²) in [7, 11) is -3.38. The first-order valence-corrected chi connectivity index (χ1v) is 7.79. The van der Waals surface area contributed by atoms with Crippen molar-refractivity contribution in [3.05, 3.63) is 66.5 Å². The summed E-state index contributed by atoms with van der Waals surface area (Å²) >= 11 is 0. The number of sulfone groups is 1. The molecular weight excluding hydrogens is 272 g/mol. The molecule has 3 aromatic rings. The van der Waals surface area contributed by atoms with Gasteiger partial charge < -0.3 is 0 Å². The number of rotatable bonds is 3. The second-order valence-electron chi connectivity index (χ2n) is 4.42. The van der Waals surface area contributed by atoms with Crippen LogP contribution in [0.4, 0.5) is 0 Å². The first-order chi connectivity index (χ1) is 9.65. The highest BCUT2D eigenvalue weighted by Gasteiger charge is 2.16. The Kier molecular flexibility index (Phi) is 3.20. The molecule has 1 aromatic heterocycles. The Morgan fingerprint density at radius 3 is 2.25 bits per heavy atom. The van der Waals surface area contributed by atoms with E-state index in [9.17, 15) is 8.42 Å². The normalized spacial score (nSPS) is 11.6. The fourth-order valence-corrected chi connectivity index (χ4v) is 3.24. The summed E-state index contributed by atoms with van der Waals surface area (Å²) in [5.41, 5.74) is 1.91. The predicted octanol–water partition coefficient (Wildman–Crippen LogP) is 2.60. The van der Waals surface area contributed by atoms with Crippen LogP contribution in [0.3, 0.4) is 0 Å². The molecule has 0 aliphatic rings. The second kappa shape index (κ2) is 5.02. The molecule has 0 saturated heterocycles. The standard InChI is InChI=1S/C15H12N2O2S/c18-20(19,13-6-2-1-3-7-13)11-12-10-16-14-8-4-5-9-15(14)17-12/h1-10H,11H2. The number of nitrogens with zero attached hydrogens (tertiary/aromatic N) is 2. The van der Waals surface area contributed by atoms with Crippen LogP contribution in [-0.4, -0.2) is 18.4 Å². The largest absolute Gasteiger partial charge is 0.253 e. The van der Waals surface area contributed by atoms with Crippen molar-refractivity contribution >= 4 is 20.9 Å². The van der Waals surface area contributed by atoms with E-state index in [2.05, 4.69) is 9.97 Å². The molecular formula is C15H12N2O2S. The van der Waals surface area contributed by atoms with Gasteiger partial charge in [0.1, 0.15) is 0 Å². The number of benzene rings is 2. The summed E-state index contributed by atoms with van der Waals surface area (Å²) in [6.07, 6.45) is 1.52. The molecule has 0 bridgehead atoms. The van der Waals surface area contributed by atoms with Crippen molar-refractivity contribution < 1.29 is 8.42 Å². The topological polar surface area (TPSA) is 59.9 Å². The average Bonchev–Trinajstić information content (AvgIpc) is 2.48. The van der Waals surface area contributed by atoms with Crippen LogP contribution < -0.4 is 0 Å². The van der Waals surface area contributed by atoms with Crippen LogP contribution in [0.2, 0.25) is 0 Å². The molecule has 2 aromatic carbocycles. The van der Waals surface area contributed by atoms with Crippen LogP contribution in [0.25, 0.3) is 11.0 Å². The van der Waals surface area contributed by atoms with Gasteiger partial charge in [-0.15, -0.1) is 0 Å². The minimum absolute atomic E-state index is 0.144. The molecule has 0 N–H and O–H groups in total. The van der Waals surface area contributed by atoms with Gasteiger partial charge in [-0.05, 0) is 24.3 Å². The fourth-order valence-electron chi connectivity index (χ4n) is 1.97. The molecule has 20 heavy (non-hydrogen) atoms. The third-order valence-electron chi connectivity index (χ3n) is 2.94. The molecule has 0 spiro atoms. The third-order valence-corrected chi connectivity index (χ3v) is 4.60. The van der Waals surface area contributed by atoms with Gasteiger partial charge in [0.25, 0.3) is 0 Å². The Labute approximate surface area is 117 Å². The molecule has 100 valence electrons. The number of hydrogen-bond acceptors (Lipinski definition) is 4. The van der Waals surface area contributed by atoms with E-state index in [1.807, 2.05) is 24.3 Å². The van der Waals surface area contributed by atoms with Crippen LogP contribution in [0, 0.1) is 0 Å². The molecule has 0 atom stereocenters. The highest BCUT2D eigenvalue weighted by atomic mass is 32.2. The summed E-state index contributed by atoms with van der Waals surface area (Å²) in [6, 6.07) is 15.8. The molecule has 0 aliphatic heterocycles. The molecule has 0 amide bonds. The Morgan fingerprint density at radius 1 is 0.850 bits per heavy atom. The Bertz CT molecular complexity index is 846. The quantitative estimate of drug-likeness (QED) is 0.741. The lowest BCUT2D eigenvalue weighted by molar-refractivity contribution is 0.594. The van der Waals surface area contributed by atoms with Gasteiger partial charge in [0.2, 0.25) is 0 Å². The summed E-state index contributed by atoms with van der Waals surface area (Å²) in [4.78, 5) is 8.88. The van der Waals surface area contributed by atoms with Gasteiger partial charge in [0.15, 0.2) is 9.84 Å². The Balaban J connectivity index is 1.97. The van der Waals surface area contributed by atoms with Crippen molar-refractivity contribution in [3.63, 3.8) is 0 Å². The van der Waals surface area contributed by atoms with Gasteiger partial charge in [-0.2, -0.15) is 0 Å². The zero-order chi connectivity index (χ0) is 14.0.